The molecule has 0 aliphatic heterocycles. The van der Waals surface area contributed by atoms with Crippen LogP contribution >= 0.6 is 0 Å². The third-order valence-electron chi connectivity index (χ3n) is 4.12. The highest BCUT2D eigenvalue weighted by atomic mass is 19.1. The molecule has 1 aromatic carbocycles. The molecule has 1 nitrogen and oxygen atoms in total. The topological polar surface area (TPSA) is 12.0 Å². The van der Waals surface area contributed by atoms with Crippen LogP contribution in [-0.2, 0) is 6.42 Å². The fraction of sp³-hybridized carbons (Fsp3) is 0.647. The van der Waals surface area contributed by atoms with Crippen molar-refractivity contribution in [1.29, 1.82) is 0 Å². The number of halogens is 2. The molecule has 0 radical (unpaired) electrons. The summed E-state index contributed by atoms with van der Waals surface area (Å²) in [4.78, 5) is 0. The first kappa shape index (κ1) is 15.4. The van der Waals surface area contributed by atoms with Gasteiger partial charge in [0.2, 0.25) is 0 Å². The molecule has 1 atom stereocenters. The van der Waals surface area contributed by atoms with Gasteiger partial charge in [0, 0.05) is 18.2 Å². The molecule has 112 valence electrons. The first-order chi connectivity index (χ1) is 9.18. The molecule has 0 amide bonds. The van der Waals surface area contributed by atoms with Gasteiger partial charge >= 0.3 is 0 Å². The lowest BCUT2D eigenvalue weighted by Gasteiger charge is -2.34. The quantitative estimate of drug-likeness (QED) is 0.848. The second-order valence-electron chi connectivity index (χ2n) is 7.49. The second kappa shape index (κ2) is 5.44. The average molecular weight is 281 g/mol. The Hall–Kier alpha value is -0.960. The van der Waals surface area contributed by atoms with Crippen LogP contribution in [0, 0.1) is 23.0 Å². The van der Waals surface area contributed by atoms with Gasteiger partial charge in [0.25, 0.3) is 0 Å². The Labute approximate surface area is 120 Å². The van der Waals surface area contributed by atoms with E-state index in [0.29, 0.717) is 5.92 Å². The molecule has 0 bridgehead atoms. The average Bonchev–Trinajstić information content (AvgIpc) is 3.07. The third-order valence-corrected chi connectivity index (χ3v) is 4.12. The van der Waals surface area contributed by atoms with E-state index in [1.807, 2.05) is 0 Å². The van der Waals surface area contributed by atoms with E-state index in [1.165, 1.54) is 25.0 Å². The van der Waals surface area contributed by atoms with Crippen LogP contribution in [0.25, 0.3) is 0 Å². The summed E-state index contributed by atoms with van der Waals surface area (Å²) in [6.45, 7) is 9.53. The highest BCUT2D eigenvalue weighted by Gasteiger charge is 2.41. The fourth-order valence-electron chi connectivity index (χ4n) is 2.78. The molecular weight excluding hydrogens is 256 g/mol. The smallest absolute Gasteiger partial charge is 0.126 e. The Balaban J connectivity index is 2.12. The van der Waals surface area contributed by atoms with Gasteiger partial charge in [-0.2, -0.15) is 0 Å². The second-order valence-corrected chi connectivity index (χ2v) is 7.49. The van der Waals surface area contributed by atoms with Crippen molar-refractivity contribution >= 4 is 0 Å². The number of benzene rings is 1. The molecule has 0 heterocycles. The summed E-state index contributed by atoms with van der Waals surface area (Å²) in [5.41, 5.74) is 0.879. The molecule has 0 saturated heterocycles. The van der Waals surface area contributed by atoms with Gasteiger partial charge in [-0.05, 0) is 69.1 Å². The van der Waals surface area contributed by atoms with Crippen molar-refractivity contribution in [2.75, 3.05) is 6.54 Å². The van der Waals surface area contributed by atoms with Crippen molar-refractivity contribution < 1.29 is 8.78 Å². The van der Waals surface area contributed by atoms with Gasteiger partial charge in [-0.3, -0.25) is 0 Å². The van der Waals surface area contributed by atoms with E-state index in [4.69, 9.17) is 0 Å². The predicted molar refractivity (Wildman–Crippen MR) is 78.6 cm³/mol. The number of rotatable bonds is 5. The summed E-state index contributed by atoms with van der Waals surface area (Å²) < 4.78 is 26.7. The Morgan fingerprint density at radius 1 is 1.05 bits per heavy atom. The Morgan fingerprint density at radius 2 is 1.60 bits per heavy atom. The van der Waals surface area contributed by atoms with E-state index < -0.39 is 11.6 Å². The molecule has 3 heteroatoms. The van der Waals surface area contributed by atoms with Crippen molar-refractivity contribution in [2.24, 2.45) is 11.3 Å². The molecule has 1 aliphatic carbocycles. The molecule has 0 spiro atoms. The summed E-state index contributed by atoms with van der Waals surface area (Å²) >= 11 is 0. The lowest BCUT2D eigenvalue weighted by atomic mass is 9.78. The lowest BCUT2D eigenvalue weighted by Crippen LogP contribution is -2.44. The highest BCUT2D eigenvalue weighted by molar-refractivity contribution is 5.20. The van der Waals surface area contributed by atoms with Gasteiger partial charge in [-0.15, -0.1) is 0 Å². The highest BCUT2D eigenvalue weighted by Crippen LogP contribution is 2.47. The maximum atomic E-state index is 13.3. The molecular formula is C17H25F2N. The van der Waals surface area contributed by atoms with Gasteiger partial charge in [-0.1, -0.05) is 6.92 Å². The van der Waals surface area contributed by atoms with Crippen LogP contribution in [0.2, 0.25) is 0 Å². The third kappa shape index (κ3) is 4.27. The zero-order valence-electron chi connectivity index (χ0n) is 12.9. The molecule has 2 rings (SSSR count). The normalized spacial score (nSPS) is 18.9. The van der Waals surface area contributed by atoms with Gasteiger partial charge in [0.05, 0.1) is 0 Å². The number of hydrogen-bond acceptors (Lipinski definition) is 1. The Kier molecular flexibility index (Phi) is 4.19. The maximum Gasteiger partial charge on any atom is 0.126 e. The van der Waals surface area contributed by atoms with Crippen LogP contribution in [0.5, 0.6) is 0 Å². The zero-order chi connectivity index (χ0) is 15.0. The van der Waals surface area contributed by atoms with E-state index in [1.54, 1.807) is 0 Å². The molecule has 1 aromatic rings. The van der Waals surface area contributed by atoms with Crippen LogP contribution in [0.15, 0.2) is 18.2 Å². The first-order valence-corrected chi connectivity index (χ1v) is 7.38. The monoisotopic (exact) mass is 281 g/mol. The van der Waals surface area contributed by atoms with Crippen LogP contribution in [-0.4, -0.2) is 12.1 Å². The molecule has 20 heavy (non-hydrogen) atoms. The minimum atomic E-state index is -0.484. The Morgan fingerprint density at radius 3 is 2.05 bits per heavy atom. The number of hydrogen-bond donors (Lipinski definition) is 1. The summed E-state index contributed by atoms with van der Waals surface area (Å²) in [6, 6.07) is 3.85. The lowest BCUT2D eigenvalue weighted by molar-refractivity contribution is 0.227. The molecule has 1 fully saturated rings. The molecule has 1 aliphatic rings. The summed E-state index contributed by atoms with van der Waals surface area (Å²) in [7, 11) is 0. The van der Waals surface area contributed by atoms with Gasteiger partial charge in [0.1, 0.15) is 11.6 Å². The maximum absolute atomic E-state index is 13.3. The van der Waals surface area contributed by atoms with E-state index >= 15 is 0 Å². The van der Waals surface area contributed by atoms with Gasteiger partial charge < -0.3 is 5.32 Å². The van der Waals surface area contributed by atoms with Crippen molar-refractivity contribution in [3.05, 3.63) is 35.4 Å². The summed E-state index contributed by atoms with van der Waals surface area (Å²) in [6.07, 6.45) is 3.16. The first-order valence-electron chi connectivity index (χ1n) is 7.38. The van der Waals surface area contributed by atoms with Crippen molar-refractivity contribution in [2.45, 2.75) is 52.5 Å². The Bertz CT molecular complexity index is 454. The van der Waals surface area contributed by atoms with Crippen LogP contribution in [0.1, 0.15) is 46.1 Å². The summed E-state index contributed by atoms with van der Waals surface area (Å²) in [5.74, 6) is -0.312. The van der Waals surface area contributed by atoms with Crippen molar-refractivity contribution in [3.8, 4) is 0 Å². The minimum Gasteiger partial charge on any atom is -0.312 e. The van der Waals surface area contributed by atoms with E-state index in [-0.39, 0.29) is 11.0 Å². The van der Waals surface area contributed by atoms with Crippen LogP contribution in [0.4, 0.5) is 8.78 Å². The molecule has 0 aromatic heterocycles. The van der Waals surface area contributed by atoms with E-state index in [0.717, 1.165) is 24.6 Å². The molecule has 1 unspecified atom stereocenters. The molecule has 1 saturated carbocycles. The number of nitrogens with one attached hydrogen (secondary N) is 1. The molecule has 1 N–H and O–H groups in total. The van der Waals surface area contributed by atoms with Crippen LogP contribution < -0.4 is 5.32 Å². The van der Waals surface area contributed by atoms with E-state index in [9.17, 15) is 8.78 Å². The van der Waals surface area contributed by atoms with Crippen molar-refractivity contribution in [1.82, 2.24) is 5.32 Å². The van der Waals surface area contributed by atoms with E-state index in [2.05, 4.69) is 33.0 Å². The summed E-state index contributed by atoms with van der Waals surface area (Å²) in [5, 5.41) is 3.55. The minimum absolute atomic E-state index is 0.0589. The zero-order valence-corrected chi connectivity index (χ0v) is 12.9. The van der Waals surface area contributed by atoms with Gasteiger partial charge in [-0.25, -0.2) is 8.78 Å². The standard InChI is InChI=1S/C17H25F2N/c1-16(2,3)20-11-17(4,13-5-6-13)10-12-7-14(18)9-15(19)8-12/h7-9,13,20H,5-6,10-11H2,1-4H3. The SMILES string of the molecule is CC(C)(C)NCC(C)(Cc1cc(F)cc(F)c1)C1CC1. The van der Waals surface area contributed by atoms with Crippen LogP contribution in [0.3, 0.4) is 0 Å². The van der Waals surface area contributed by atoms with Gasteiger partial charge in [0.15, 0.2) is 0 Å². The largest absolute Gasteiger partial charge is 0.312 e. The van der Waals surface area contributed by atoms with Crippen molar-refractivity contribution in [3.63, 3.8) is 0 Å². The fourth-order valence-corrected chi connectivity index (χ4v) is 2.78. The predicted octanol–water partition coefficient (Wildman–Crippen LogP) is 4.31.